The van der Waals surface area contributed by atoms with Crippen LogP contribution >= 0.6 is 0 Å². The number of carbonyl (C=O) groups is 1. The first kappa shape index (κ1) is 12.4. The monoisotopic (exact) mass is 219 g/mol. The van der Waals surface area contributed by atoms with Gasteiger partial charge in [-0.05, 0) is 11.6 Å². The zero-order chi connectivity index (χ0) is 10.7. The number of benzene rings is 1. The highest BCUT2D eigenvalue weighted by Crippen LogP contribution is 2.10. The zero-order valence-electron chi connectivity index (χ0n) is 8.65. The maximum absolute atomic E-state index is 10.7. The number of hydrogen-bond donors (Lipinski definition) is 1. The first-order valence-corrected chi connectivity index (χ1v) is 5.21. The highest BCUT2D eigenvalue weighted by Gasteiger charge is 2.15. The van der Waals surface area contributed by atoms with Crippen LogP contribution in [0.5, 0.6) is 0 Å². The highest BCUT2D eigenvalue weighted by atomic mass is 16.1. The number of primary amides is 1. The van der Waals surface area contributed by atoms with E-state index in [2.05, 4.69) is 29.0 Å². The average molecular weight is 219 g/mol. The van der Waals surface area contributed by atoms with Gasteiger partial charge in [0.25, 0.3) is 0 Å². The molecule has 0 atom stereocenters. The molecule has 0 bridgehead atoms. The van der Waals surface area contributed by atoms with Gasteiger partial charge < -0.3 is 5.73 Å². The van der Waals surface area contributed by atoms with Crippen LogP contribution in [0, 0.1) is 0 Å². The average Bonchev–Trinajstić information content (AvgIpc) is 2.26. The second kappa shape index (κ2) is 5.45. The summed E-state index contributed by atoms with van der Waals surface area (Å²) in [5.74, 6) is -0.234. The lowest BCUT2D eigenvalue weighted by Gasteiger charge is -2.11. The molecule has 2 rings (SSSR count). The predicted molar refractivity (Wildman–Crippen MR) is 65.8 cm³/mol. The van der Waals surface area contributed by atoms with E-state index in [1.165, 1.54) is 11.1 Å². The summed E-state index contributed by atoms with van der Waals surface area (Å²) in [4.78, 5) is 10.7. The van der Waals surface area contributed by atoms with Crippen molar-refractivity contribution in [3.05, 3.63) is 35.4 Å². The molecule has 2 N–H and O–H groups in total. The Balaban J connectivity index is 0.00000128. The second-order valence-electron chi connectivity index (χ2n) is 3.83. The van der Waals surface area contributed by atoms with Gasteiger partial charge in [0.15, 0.2) is 12.8 Å². The maximum atomic E-state index is 10.7. The number of fused-ring (bicyclic) bond motifs is 1. The van der Waals surface area contributed by atoms with E-state index in [1.54, 1.807) is 0 Å². The SMILES string of the molecule is C.NC(=O)CC[N+]1=Cc2ccccc2CC1. The molecule has 1 aliphatic heterocycles. The standard InChI is InChI=1S/C12H14N2O.CH4/c13-12(15)6-8-14-7-5-10-3-1-2-4-11(10)9-14;/h1-4,9H,5-8H2,(H-,13,15);1H4/p+1. The van der Waals surface area contributed by atoms with E-state index < -0.39 is 0 Å². The Morgan fingerprint density at radius 3 is 2.88 bits per heavy atom. The third kappa shape index (κ3) is 2.92. The molecule has 0 unspecified atom stereocenters. The molecule has 3 nitrogen and oxygen atoms in total. The first-order valence-electron chi connectivity index (χ1n) is 5.21. The van der Waals surface area contributed by atoms with Crippen molar-refractivity contribution in [3.63, 3.8) is 0 Å². The van der Waals surface area contributed by atoms with Crippen molar-refractivity contribution >= 4 is 12.1 Å². The summed E-state index contributed by atoms with van der Waals surface area (Å²) in [5.41, 5.74) is 7.76. The summed E-state index contributed by atoms with van der Waals surface area (Å²) in [6.07, 6.45) is 3.59. The Hall–Kier alpha value is -1.64. The molecular weight excluding hydrogens is 200 g/mol. The Morgan fingerprint density at radius 2 is 2.12 bits per heavy atom. The summed E-state index contributed by atoms with van der Waals surface area (Å²) in [6, 6.07) is 8.35. The van der Waals surface area contributed by atoms with Gasteiger partial charge in [-0.25, -0.2) is 4.58 Å². The van der Waals surface area contributed by atoms with Gasteiger partial charge in [0, 0.05) is 12.0 Å². The van der Waals surface area contributed by atoms with Gasteiger partial charge in [-0.2, -0.15) is 0 Å². The number of nitrogens with two attached hydrogens (primary N) is 1. The van der Waals surface area contributed by atoms with E-state index in [9.17, 15) is 4.79 Å². The minimum absolute atomic E-state index is 0. The van der Waals surface area contributed by atoms with Gasteiger partial charge in [0.2, 0.25) is 5.91 Å². The fourth-order valence-corrected chi connectivity index (χ4v) is 1.84. The predicted octanol–water partition coefficient (Wildman–Crippen LogP) is 1.19. The highest BCUT2D eigenvalue weighted by molar-refractivity contribution is 5.79. The molecule has 1 aromatic carbocycles. The molecule has 1 aromatic rings. The second-order valence-corrected chi connectivity index (χ2v) is 3.83. The third-order valence-electron chi connectivity index (χ3n) is 2.69. The van der Waals surface area contributed by atoms with Crippen LogP contribution in [0.15, 0.2) is 24.3 Å². The van der Waals surface area contributed by atoms with Crippen molar-refractivity contribution in [2.75, 3.05) is 13.1 Å². The number of rotatable bonds is 3. The lowest BCUT2D eigenvalue weighted by Crippen LogP contribution is -2.26. The van der Waals surface area contributed by atoms with E-state index in [1.807, 2.05) is 6.07 Å². The topological polar surface area (TPSA) is 46.1 Å². The Labute approximate surface area is 96.6 Å². The maximum Gasteiger partial charge on any atom is 0.223 e. The fourth-order valence-electron chi connectivity index (χ4n) is 1.84. The number of hydrogen-bond acceptors (Lipinski definition) is 1. The summed E-state index contributed by atoms with van der Waals surface area (Å²) in [6.45, 7) is 1.70. The van der Waals surface area contributed by atoms with Crippen molar-refractivity contribution < 1.29 is 9.37 Å². The number of amides is 1. The third-order valence-corrected chi connectivity index (χ3v) is 2.69. The van der Waals surface area contributed by atoms with Gasteiger partial charge in [-0.15, -0.1) is 0 Å². The molecule has 0 spiro atoms. The lowest BCUT2D eigenvalue weighted by atomic mass is 10.0. The molecule has 86 valence electrons. The van der Waals surface area contributed by atoms with Crippen molar-refractivity contribution in [1.82, 2.24) is 0 Å². The van der Waals surface area contributed by atoms with E-state index in [0.29, 0.717) is 6.42 Å². The van der Waals surface area contributed by atoms with Crippen LogP contribution < -0.4 is 5.73 Å². The van der Waals surface area contributed by atoms with E-state index in [4.69, 9.17) is 5.73 Å². The molecule has 0 radical (unpaired) electrons. The van der Waals surface area contributed by atoms with Gasteiger partial charge >= 0.3 is 0 Å². The van der Waals surface area contributed by atoms with Crippen LogP contribution in [0.4, 0.5) is 0 Å². The van der Waals surface area contributed by atoms with Gasteiger partial charge in [0.1, 0.15) is 6.54 Å². The molecule has 0 saturated heterocycles. The van der Waals surface area contributed by atoms with Gasteiger partial charge in [-0.1, -0.05) is 25.6 Å². The summed E-state index contributed by atoms with van der Waals surface area (Å²) in [5, 5.41) is 0. The van der Waals surface area contributed by atoms with Gasteiger partial charge in [-0.3, -0.25) is 4.79 Å². The van der Waals surface area contributed by atoms with Crippen molar-refractivity contribution in [2.24, 2.45) is 5.73 Å². The fraction of sp³-hybridized carbons (Fsp3) is 0.385. The Morgan fingerprint density at radius 1 is 1.38 bits per heavy atom. The molecule has 1 aliphatic rings. The lowest BCUT2D eigenvalue weighted by molar-refractivity contribution is -0.522. The molecule has 0 saturated carbocycles. The van der Waals surface area contributed by atoms with Crippen molar-refractivity contribution in [3.8, 4) is 0 Å². The van der Waals surface area contributed by atoms with Crippen LogP contribution in [0.3, 0.4) is 0 Å². The van der Waals surface area contributed by atoms with Gasteiger partial charge in [0.05, 0.1) is 6.42 Å². The molecule has 0 fully saturated rings. The van der Waals surface area contributed by atoms with Crippen LogP contribution in [0.1, 0.15) is 25.0 Å². The van der Waals surface area contributed by atoms with Crippen molar-refractivity contribution in [1.29, 1.82) is 0 Å². The van der Waals surface area contributed by atoms with Crippen LogP contribution in [0.25, 0.3) is 0 Å². The molecular formula is C13H19N2O+. The van der Waals surface area contributed by atoms with E-state index >= 15 is 0 Å². The largest absolute Gasteiger partial charge is 0.369 e. The Kier molecular flexibility index (Phi) is 4.23. The first-order chi connectivity index (χ1) is 7.25. The minimum Gasteiger partial charge on any atom is -0.369 e. The molecule has 1 amide bonds. The summed E-state index contributed by atoms with van der Waals surface area (Å²) < 4.78 is 2.16. The molecule has 1 heterocycles. The molecule has 0 aromatic heterocycles. The minimum atomic E-state index is -0.234. The quantitative estimate of drug-likeness (QED) is 0.762. The molecule has 0 aliphatic carbocycles. The van der Waals surface area contributed by atoms with Crippen LogP contribution in [0.2, 0.25) is 0 Å². The number of nitrogens with zero attached hydrogens (tertiary/aromatic N) is 1. The number of carbonyl (C=O) groups excluding carboxylic acids is 1. The normalized spacial score (nSPS) is 13.4. The van der Waals surface area contributed by atoms with Crippen molar-refractivity contribution in [2.45, 2.75) is 20.3 Å². The molecule has 3 heteroatoms. The van der Waals surface area contributed by atoms with E-state index in [0.717, 1.165) is 19.5 Å². The zero-order valence-corrected chi connectivity index (χ0v) is 8.65. The van der Waals surface area contributed by atoms with E-state index in [-0.39, 0.29) is 13.3 Å². The smallest absolute Gasteiger partial charge is 0.223 e. The summed E-state index contributed by atoms with van der Waals surface area (Å²) >= 11 is 0. The van der Waals surface area contributed by atoms with Crippen LogP contribution in [-0.4, -0.2) is 29.8 Å². The Bertz CT molecular complexity index is 410. The van der Waals surface area contributed by atoms with Crippen LogP contribution in [-0.2, 0) is 11.2 Å². The summed E-state index contributed by atoms with van der Waals surface area (Å²) in [7, 11) is 0. The molecule has 16 heavy (non-hydrogen) atoms.